The molecule has 0 saturated heterocycles. The number of hydrogen-bond donors (Lipinski definition) is 0. The Hall–Kier alpha value is -1.34. The Bertz CT molecular complexity index is 494. The Morgan fingerprint density at radius 1 is 1.30 bits per heavy atom. The molecule has 1 rings (SSSR count). The second-order valence-corrected chi connectivity index (χ2v) is 7.57. The average molecular weight is 315 g/mol. The number of quaternary nitrogens is 1. The van der Waals surface area contributed by atoms with E-state index in [0.29, 0.717) is 17.8 Å². The summed E-state index contributed by atoms with van der Waals surface area (Å²) in [7, 11) is 2.38. The molecule has 1 aliphatic carbocycles. The molecule has 0 fully saturated rings. The van der Waals surface area contributed by atoms with Crippen LogP contribution in [0.4, 0.5) is 0 Å². The third-order valence-corrected chi connectivity index (χ3v) is 5.74. The van der Waals surface area contributed by atoms with E-state index in [1.807, 2.05) is 6.08 Å². The zero-order valence-corrected chi connectivity index (χ0v) is 16.0. The van der Waals surface area contributed by atoms with Gasteiger partial charge in [-0.15, -0.1) is 0 Å². The molecular formula is C22H36N+. The van der Waals surface area contributed by atoms with Crippen LogP contribution in [-0.2, 0) is 0 Å². The maximum absolute atomic E-state index is 3.88. The fraction of sp³-hybridized carbons (Fsp3) is 0.545. The van der Waals surface area contributed by atoms with E-state index in [-0.39, 0.29) is 5.54 Å². The monoisotopic (exact) mass is 314 g/mol. The molecule has 0 aliphatic heterocycles. The lowest BCUT2D eigenvalue weighted by molar-refractivity contribution is -0.921. The highest BCUT2D eigenvalue weighted by atomic mass is 15.4. The van der Waals surface area contributed by atoms with Gasteiger partial charge in [0.05, 0.1) is 19.8 Å². The van der Waals surface area contributed by atoms with E-state index in [0.717, 1.165) is 17.4 Å². The van der Waals surface area contributed by atoms with E-state index in [1.54, 1.807) is 0 Å². The van der Waals surface area contributed by atoms with Crippen molar-refractivity contribution >= 4 is 0 Å². The van der Waals surface area contributed by atoms with E-state index in [9.17, 15) is 0 Å². The molecule has 4 atom stereocenters. The number of hydrogen-bond acceptors (Lipinski definition) is 0. The van der Waals surface area contributed by atoms with E-state index >= 15 is 0 Å². The molecule has 0 aromatic heterocycles. The van der Waals surface area contributed by atoms with Crippen molar-refractivity contribution in [2.45, 2.75) is 46.6 Å². The SMILES string of the molecule is C=C/C=C\[N+](C)(CC(C)/C=C\C)C(C)(C(C)C)C1C=CC=CC1. The van der Waals surface area contributed by atoms with Crippen LogP contribution < -0.4 is 0 Å². The van der Waals surface area contributed by atoms with Crippen molar-refractivity contribution in [2.75, 3.05) is 13.6 Å². The minimum atomic E-state index is 0.136. The fourth-order valence-electron chi connectivity index (χ4n) is 4.07. The molecule has 4 unspecified atom stereocenters. The number of rotatable bonds is 8. The van der Waals surface area contributed by atoms with Crippen molar-refractivity contribution in [3.63, 3.8) is 0 Å². The van der Waals surface area contributed by atoms with Crippen LogP contribution in [-0.4, -0.2) is 23.6 Å². The van der Waals surface area contributed by atoms with Crippen molar-refractivity contribution in [2.24, 2.45) is 17.8 Å². The van der Waals surface area contributed by atoms with Gasteiger partial charge in [0.2, 0.25) is 0 Å². The summed E-state index contributed by atoms with van der Waals surface area (Å²) in [6.45, 7) is 16.6. The predicted molar refractivity (Wildman–Crippen MR) is 104 cm³/mol. The van der Waals surface area contributed by atoms with Gasteiger partial charge in [0, 0.05) is 17.8 Å². The molecule has 1 heteroatoms. The quantitative estimate of drug-likeness (QED) is 0.297. The summed E-state index contributed by atoms with van der Waals surface area (Å²) in [4.78, 5) is 0. The summed E-state index contributed by atoms with van der Waals surface area (Å²) in [5.74, 6) is 1.66. The fourth-order valence-corrected chi connectivity index (χ4v) is 4.07. The van der Waals surface area contributed by atoms with Gasteiger partial charge in [-0.3, -0.25) is 4.48 Å². The first-order chi connectivity index (χ1) is 10.8. The van der Waals surface area contributed by atoms with Gasteiger partial charge in [0.25, 0.3) is 0 Å². The molecule has 0 bridgehead atoms. The van der Waals surface area contributed by atoms with Gasteiger partial charge >= 0.3 is 0 Å². The Labute approximate surface area is 144 Å². The highest BCUT2D eigenvalue weighted by Crippen LogP contribution is 2.42. The van der Waals surface area contributed by atoms with Crippen molar-refractivity contribution < 1.29 is 4.48 Å². The summed E-state index contributed by atoms with van der Waals surface area (Å²) in [5.41, 5.74) is 0.136. The van der Waals surface area contributed by atoms with Crippen LogP contribution in [0, 0.1) is 17.8 Å². The lowest BCUT2D eigenvalue weighted by Crippen LogP contribution is -2.64. The van der Waals surface area contributed by atoms with Crippen LogP contribution in [0.25, 0.3) is 0 Å². The Morgan fingerprint density at radius 2 is 2.00 bits per heavy atom. The lowest BCUT2D eigenvalue weighted by Gasteiger charge is -2.53. The third kappa shape index (κ3) is 4.35. The second-order valence-electron chi connectivity index (χ2n) is 7.57. The molecule has 0 N–H and O–H groups in total. The lowest BCUT2D eigenvalue weighted by atomic mass is 9.71. The minimum Gasteiger partial charge on any atom is -0.294 e. The first-order valence-corrected chi connectivity index (χ1v) is 8.93. The highest BCUT2D eigenvalue weighted by molar-refractivity contribution is 5.15. The van der Waals surface area contributed by atoms with E-state index < -0.39 is 0 Å². The molecule has 0 spiro atoms. The third-order valence-electron chi connectivity index (χ3n) is 5.74. The smallest absolute Gasteiger partial charge is 0.109 e. The molecule has 0 radical (unpaired) electrons. The Morgan fingerprint density at radius 3 is 2.48 bits per heavy atom. The molecule has 0 aromatic rings. The molecule has 1 nitrogen and oxygen atoms in total. The zero-order valence-electron chi connectivity index (χ0n) is 16.0. The van der Waals surface area contributed by atoms with E-state index in [2.05, 4.69) is 97.0 Å². The number of nitrogens with zero attached hydrogens (tertiary/aromatic N) is 1. The van der Waals surface area contributed by atoms with Gasteiger partial charge < -0.3 is 0 Å². The van der Waals surface area contributed by atoms with Crippen LogP contribution >= 0.6 is 0 Å². The van der Waals surface area contributed by atoms with Gasteiger partial charge in [-0.25, -0.2) is 0 Å². The summed E-state index contributed by atoms with van der Waals surface area (Å²) < 4.78 is 0.922. The van der Waals surface area contributed by atoms with Crippen LogP contribution in [0.2, 0.25) is 0 Å². The van der Waals surface area contributed by atoms with Crippen LogP contribution in [0.3, 0.4) is 0 Å². The first kappa shape index (κ1) is 19.7. The molecule has 1 aliphatic rings. The summed E-state index contributed by atoms with van der Waals surface area (Å²) in [6, 6.07) is 0. The second kappa shape index (κ2) is 8.49. The number of allylic oxidation sites excluding steroid dienone is 6. The largest absolute Gasteiger partial charge is 0.294 e. The Balaban J connectivity index is 3.32. The normalized spacial score (nSPS) is 24.9. The van der Waals surface area contributed by atoms with Gasteiger partial charge in [0.1, 0.15) is 5.54 Å². The topological polar surface area (TPSA) is 0 Å². The minimum absolute atomic E-state index is 0.136. The zero-order chi connectivity index (χ0) is 17.5. The summed E-state index contributed by atoms with van der Waals surface area (Å²) >= 11 is 0. The summed E-state index contributed by atoms with van der Waals surface area (Å²) in [5, 5.41) is 0. The van der Waals surface area contributed by atoms with Gasteiger partial charge in [0.15, 0.2) is 0 Å². The predicted octanol–water partition coefficient (Wildman–Crippen LogP) is 5.89. The van der Waals surface area contributed by atoms with Gasteiger partial charge in [-0.2, -0.15) is 0 Å². The molecule has 0 amide bonds. The Kier molecular flexibility index (Phi) is 7.28. The van der Waals surface area contributed by atoms with Crippen molar-refractivity contribution in [1.29, 1.82) is 0 Å². The molecule has 128 valence electrons. The molecule has 0 heterocycles. The van der Waals surface area contributed by atoms with Gasteiger partial charge in [-0.1, -0.05) is 69.9 Å². The van der Waals surface area contributed by atoms with Crippen LogP contribution in [0.1, 0.15) is 41.0 Å². The van der Waals surface area contributed by atoms with Crippen molar-refractivity contribution in [3.8, 4) is 0 Å². The maximum Gasteiger partial charge on any atom is 0.109 e. The summed E-state index contributed by atoms with van der Waals surface area (Å²) in [6.07, 6.45) is 21.1. The molecule has 0 aromatic carbocycles. The average Bonchev–Trinajstić information content (AvgIpc) is 2.52. The highest BCUT2D eigenvalue weighted by Gasteiger charge is 2.50. The van der Waals surface area contributed by atoms with Crippen LogP contribution in [0.15, 0.2) is 61.4 Å². The standard InChI is InChI=1S/C22H36N/c1-8-10-17-23(7,18-20(5)14-9-2)22(6,19(3)4)21-15-12-11-13-16-21/h8-15,17,19-21H,1,16,18H2,2-7H3/q+1/b14-9-,17-10-. The maximum atomic E-state index is 3.88. The molecule has 23 heavy (non-hydrogen) atoms. The van der Waals surface area contributed by atoms with Crippen molar-refractivity contribution in [1.82, 2.24) is 0 Å². The molecular weight excluding hydrogens is 278 g/mol. The van der Waals surface area contributed by atoms with E-state index in [1.165, 1.54) is 0 Å². The van der Waals surface area contributed by atoms with E-state index in [4.69, 9.17) is 0 Å². The first-order valence-electron chi connectivity index (χ1n) is 8.93. The van der Waals surface area contributed by atoms with Gasteiger partial charge in [-0.05, 0) is 26.3 Å². The van der Waals surface area contributed by atoms with Crippen LogP contribution in [0.5, 0.6) is 0 Å². The molecule has 0 saturated carbocycles. The van der Waals surface area contributed by atoms with Crippen molar-refractivity contribution in [3.05, 3.63) is 61.4 Å².